The first-order valence-electron chi connectivity index (χ1n) is 6.98. The standard InChI is InChI=1S/C16H20FN3O2/c1-11-12(15(21)19(4)10-16(2,3)22)9-18-20(11)14-8-6-5-7-13(14)17/h5-9,22H,10H2,1-4H3. The number of hydrogen-bond acceptors (Lipinski definition) is 3. The van der Waals surface area contributed by atoms with E-state index in [-0.39, 0.29) is 12.5 Å². The Morgan fingerprint density at radius 3 is 2.64 bits per heavy atom. The fourth-order valence-electron chi connectivity index (χ4n) is 2.34. The minimum Gasteiger partial charge on any atom is -0.389 e. The third-order valence-electron chi connectivity index (χ3n) is 3.29. The lowest BCUT2D eigenvalue weighted by molar-refractivity contribution is 0.0367. The zero-order valence-electron chi connectivity index (χ0n) is 13.2. The second kappa shape index (κ2) is 5.88. The van der Waals surface area contributed by atoms with Crippen molar-refractivity contribution in [3.63, 3.8) is 0 Å². The first-order chi connectivity index (χ1) is 10.2. The predicted octanol–water partition coefficient (Wildman–Crippen LogP) is 2.16. The number of halogens is 1. The van der Waals surface area contributed by atoms with Gasteiger partial charge in [0.05, 0.1) is 23.1 Å². The summed E-state index contributed by atoms with van der Waals surface area (Å²) in [5, 5.41) is 13.9. The van der Waals surface area contributed by atoms with Crippen molar-refractivity contribution in [3.8, 4) is 5.69 Å². The van der Waals surface area contributed by atoms with E-state index in [1.807, 2.05) is 0 Å². The molecule has 1 amide bonds. The minimum absolute atomic E-state index is 0.191. The Kier molecular flexibility index (Phi) is 4.32. The van der Waals surface area contributed by atoms with Crippen LogP contribution in [0.25, 0.3) is 5.69 Å². The fraction of sp³-hybridized carbons (Fsp3) is 0.375. The number of carbonyl (C=O) groups is 1. The van der Waals surface area contributed by atoms with Crippen molar-refractivity contribution in [2.75, 3.05) is 13.6 Å². The Bertz CT molecular complexity index is 689. The maximum absolute atomic E-state index is 13.9. The van der Waals surface area contributed by atoms with Crippen molar-refractivity contribution in [2.45, 2.75) is 26.4 Å². The summed E-state index contributed by atoms with van der Waals surface area (Å²) in [6, 6.07) is 6.25. The molecule has 6 heteroatoms. The van der Waals surface area contributed by atoms with Crippen LogP contribution < -0.4 is 0 Å². The highest BCUT2D eigenvalue weighted by molar-refractivity contribution is 5.95. The van der Waals surface area contributed by atoms with Gasteiger partial charge in [0.1, 0.15) is 11.5 Å². The molecule has 5 nitrogen and oxygen atoms in total. The highest BCUT2D eigenvalue weighted by Gasteiger charge is 2.23. The van der Waals surface area contributed by atoms with Crippen molar-refractivity contribution in [1.29, 1.82) is 0 Å². The van der Waals surface area contributed by atoms with Gasteiger partial charge in [0.2, 0.25) is 0 Å². The van der Waals surface area contributed by atoms with Gasteiger partial charge in [-0.15, -0.1) is 0 Å². The van der Waals surface area contributed by atoms with E-state index in [1.165, 1.54) is 21.8 Å². The number of nitrogens with zero attached hydrogens (tertiary/aromatic N) is 3. The molecule has 118 valence electrons. The number of benzene rings is 1. The summed E-state index contributed by atoms with van der Waals surface area (Å²) < 4.78 is 15.3. The van der Waals surface area contributed by atoms with Gasteiger partial charge in [-0.1, -0.05) is 12.1 Å². The lowest BCUT2D eigenvalue weighted by Gasteiger charge is -2.25. The lowest BCUT2D eigenvalue weighted by atomic mass is 10.1. The van der Waals surface area contributed by atoms with Crippen molar-refractivity contribution in [1.82, 2.24) is 14.7 Å². The van der Waals surface area contributed by atoms with Crippen molar-refractivity contribution >= 4 is 5.91 Å². The Morgan fingerprint density at radius 2 is 2.05 bits per heavy atom. The third kappa shape index (κ3) is 3.33. The monoisotopic (exact) mass is 305 g/mol. The quantitative estimate of drug-likeness (QED) is 0.941. The molecule has 0 unspecified atom stereocenters. The average Bonchev–Trinajstić information content (AvgIpc) is 2.78. The number of carbonyl (C=O) groups excluding carboxylic acids is 1. The van der Waals surface area contributed by atoms with Crippen LogP contribution in [0.3, 0.4) is 0 Å². The predicted molar refractivity (Wildman–Crippen MR) is 81.5 cm³/mol. The van der Waals surface area contributed by atoms with Gasteiger partial charge in [0.15, 0.2) is 0 Å². The normalized spacial score (nSPS) is 11.5. The van der Waals surface area contributed by atoms with E-state index in [4.69, 9.17) is 0 Å². The zero-order chi connectivity index (χ0) is 16.5. The summed E-state index contributed by atoms with van der Waals surface area (Å²) in [6.45, 7) is 5.17. The van der Waals surface area contributed by atoms with Crippen LogP contribution in [0.4, 0.5) is 4.39 Å². The van der Waals surface area contributed by atoms with E-state index in [1.54, 1.807) is 46.0 Å². The van der Waals surface area contributed by atoms with Gasteiger partial charge in [-0.2, -0.15) is 5.10 Å². The molecule has 0 saturated carbocycles. The van der Waals surface area contributed by atoms with Crippen molar-refractivity contribution in [3.05, 3.63) is 47.5 Å². The van der Waals surface area contributed by atoms with E-state index in [0.717, 1.165) is 0 Å². The molecule has 1 aromatic heterocycles. The fourth-order valence-corrected chi connectivity index (χ4v) is 2.34. The van der Waals surface area contributed by atoms with E-state index in [9.17, 15) is 14.3 Å². The van der Waals surface area contributed by atoms with Crippen molar-refractivity contribution in [2.24, 2.45) is 0 Å². The molecule has 2 aromatic rings. The number of amides is 1. The molecule has 0 spiro atoms. The van der Waals surface area contributed by atoms with Gasteiger partial charge >= 0.3 is 0 Å². The van der Waals surface area contributed by atoms with Crippen molar-refractivity contribution < 1.29 is 14.3 Å². The number of para-hydroxylation sites is 1. The molecule has 0 atom stereocenters. The first-order valence-corrected chi connectivity index (χ1v) is 6.98. The molecule has 0 aliphatic heterocycles. The molecule has 0 saturated heterocycles. The smallest absolute Gasteiger partial charge is 0.257 e. The third-order valence-corrected chi connectivity index (χ3v) is 3.29. The van der Waals surface area contributed by atoms with E-state index >= 15 is 0 Å². The molecule has 0 bridgehead atoms. The summed E-state index contributed by atoms with van der Waals surface area (Å²) >= 11 is 0. The van der Waals surface area contributed by atoms with Crippen LogP contribution >= 0.6 is 0 Å². The second-order valence-corrected chi connectivity index (χ2v) is 5.98. The van der Waals surface area contributed by atoms with Crippen LogP contribution in [0.2, 0.25) is 0 Å². The maximum atomic E-state index is 13.9. The largest absolute Gasteiger partial charge is 0.389 e. The number of aliphatic hydroxyl groups is 1. The molecular weight excluding hydrogens is 285 g/mol. The second-order valence-electron chi connectivity index (χ2n) is 5.98. The number of hydrogen-bond donors (Lipinski definition) is 1. The van der Waals surface area contributed by atoms with Crippen LogP contribution in [0.5, 0.6) is 0 Å². The number of likely N-dealkylation sites (N-methyl/N-ethyl adjacent to an activating group) is 1. The molecule has 22 heavy (non-hydrogen) atoms. The van der Waals surface area contributed by atoms with Gasteiger partial charge < -0.3 is 10.0 Å². The maximum Gasteiger partial charge on any atom is 0.257 e. The van der Waals surface area contributed by atoms with Crippen LogP contribution in [0.15, 0.2) is 30.5 Å². The molecule has 0 radical (unpaired) electrons. The summed E-state index contributed by atoms with van der Waals surface area (Å²) in [7, 11) is 1.61. The molecule has 0 aliphatic rings. The summed E-state index contributed by atoms with van der Waals surface area (Å²) in [5.41, 5.74) is 0.247. The summed E-state index contributed by atoms with van der Waals surface area (Å²) in [6.07, 6.45) is 1.42. The van der Waals surface area contributed by atoms with Crippen LogP contribution in [0.1, 0.15) is 29.9 Å². The lowest BCUT2D eigenvalue weighted by Crippen LogP contribution is -2.39. The Hall–Kier alpha value is -2.21. The average molecular weight is 305 g/mol. The first kappa shape index (κ1) is 16.2. The molecule has 1 aromatic carbocycles. The zero-order valence-corrected chi connectivity index (χ0v) is 13.2. The molecule has 0 aliphatic carbocycles. The summed E-state index contributed by atoms with van der Waals surface area (Å²) in [4.78, 5) is 13.9. The topological polar surface area (TPSA) is 58.4 Å². The molecular formula is C16H20FN3O2. The van der Waals surface area contributed by atoms with E-state index in [2.05, 4.69) is 5.10 Å². The molecule has 0 fully saturated rings. The van der Waals surface area contributed by atoms with Gasteiger partial charge in [-0.25, -0.2) is 9.07 Å². The van der Waals surface area contributed by atoms with Crippen LogP contribution in [0, 0.1) is 12.7 Å². The minimum atomic E-state index is -0.986. The Labute approximate surface area is 129 Å². The van der Waals surface area contributed by atoms with Gasteiger partial charge in [0.25, 0.3) is 5.91 Å². The highest BCUT2D eigenvalue weighted by Crippen LogP contribution is 2.18. The van der Waals surface area contributed by atoms with E-state index in [0.29, 0.717) is 16.9 Å². The van der Waals surface area contributed by atoms with Crippen LogP contribution in [-0.2, 0) is 0 Å². The van der Waals surface area contributed by atoms with Gasteiger partial charge in [0, 0.05) is 13.6 Å². The number of aromatic nitrogens is 2. The molecule has 2 rings (SSSR count). The van der Waals surface area contributed by atoms with Gasteiger partial charge in [-0.05, 0) is 32.9 Å². The number of rotatable bonds is 4. The highest BCUT2D eigenvalue weighted by atomic mass is 19.1. The van der Waals surface area contributed by atoms with E-state index < -0.39 is 11.4 Å². The molecule has 1 heterocycles. The Balaban J connectivity index is 2.32. The van der Waals surface area contributed by atoms with Crippen LogP contribution in [-0.4, -0.2) is 44.9 Å². The molecule has 1 N–H and O–H groups in total. The SMILES string of the molecule is Cc1c(C(=O)N(C)CC(C)(C)O)cnn1-c1ccccc1F. The Morgan fingerprint density at radius 1 is 1.41 bits per heavy atom. The van der Waals surface area contributed by atoms with Gasteiger partial charge in [-0.3, -0.25) is 4.79 Å². The summed E-state index contributed by atoms with van der Waals surface area (Å²) in [5.74, 6) is -0.667.